The van der Waals surface area contributed by atoms with Gasteiger partial charge in [0.1, 0.15) is 40.5 Å². The van der Waals surface area contributed by atoms with Crippen LogP contribution in [0, 0.1) is 0 Å². The zero-order valence-corrected chi connectivity index (χ0v) is 19.3. The lowest BCUT2D eigenvalue weighted by atomic mass is 9.37. The van der Waals surface area contributed by atoms with Crippen LogP contribution in [0.15, 0.2) is 92.0 Å². The highest BCUT2D eigenvalue weighted by atomic mass is 15.3. The van der Waals surface area contributed by atoms with Crippen molar-refractivity contribution in [2.45, 2.75) is 0 Å². The van der Waals surface area contributed by atoms with Crippen molar-refractivity contribution in [3.8, 4) is 0 Å². The van der Waals surface area contributed by atoms with E-state index in [1.165, 1.54) is 0 Å². The monoisotopic (exact) mass is 456 g/mol. The van der Waals surface area contributed by atoms with Crippen molar-refractivity contribution in [1.82, 2.24) is 19.9 Å². The van der Waals surface area contributed by atoms with Crippen molar-refractivity contribution in [3.05, 3.63) is 92.0 Å². The van der Waals surface area contributed by atoms with E-state index in [0.29, 0.717) is 0 Å². The summed E-state index contributed by atoms with van der Waals surface area (Å²) in [6.45, 7) is -0.0906. The minimum Gasteiger partial charge on any atom is -0.289 e. The molecule has 0 bridgehead atoms. The molecule has 0 spiro atoms. The molecule has 0 saturated heterocycles. The third kappa shape index (κ3) is 2.75. The molecule has 35 heavy (non-hydrogen) atoms. The van der Waals surface area contributed by atoms with Crippen LogP contribution in [0.2, 0.25) is 0 Å². The van der Waals surface area contributed by atoms with Crippen molar-refractivity contribution in [1.29, 1.82) is 0 Å². The van der Waals surface area contributed by atoms with E-state index >= 15 is 0 Å². The smallest absolute Gasteiger partial charge is 0.289 e. The number of hydrogen-bond acceptors (Lipinski definition) is 6. The van der Waals surface area contributed by atoms with E-state index in [9.17, 15) is 0 Å². The van der Waals surface area contributed by atoms with E-state index < -0.39 is 0 Å². The molecule has 0 atom stereocenters. The lowest BCUT2D eigenvalue weighted by Crippen LogP contribution is -2.75. The summed E-state index contributed by atoms with van der Waals surface area (Å²) in [7, 11) is 4.10. The second-order valence-corrected chi connectivity index (χ2v) is 8.76. The normalized spacial score (nSPS) is 13.3. The summed E-state index contributed by atoms with van der Waals surface area (Å²) in [5.41, 5.74) is 7.36. The number of benzene rings is 2. The highest BCUT2D eigenvalue weighted by Crippen LogP contribution is 2.40. The number of para-hydroxylation sites is 2. The topological polar surface area (TPSA) is 65.8 Å². The first kappa shape index (κ1) is 19.8. The summed E-state index contributed by atoms with van der Waals surface area (Å²) >= 11 is 0. The van der Waals surface area contributed by atoms with Crippen molar-refractivity contribution < 1.29 is 9.13 Å². The van der Waals surface area contributed by atoms with Gasteiger partial charge in [0.05, 0.1) is 14.1 Å². The van der Waals surface area contributed by atoms with Crippen LogP contribution in [-0.4, -0.2) is 26.6 Å². The fourth-order valence-electron chi connectivity index (χ4n) is 5.37. The van der Waals surface area contributed by atoms with E-state index in [2.05, 4.69) is 53.2 Å². The zero-order chi connectivity index (χ0) is 23.5. The van der Waals surface area contributed by atoms with E-state index in [0.717, 1.165) is 51.0 Å². The lowest BCUT2D eigenvalue weighted by Gasteiger charge is -2.39. The maximum absolute atomic E-state index is 4.86. The van der Waals surface area contributed by atoms with Gasteiger partial charge in [-0.15, -0.1) is 0 Å². The van der Waals surface area contributed by atoms with Crippen molar-refractivity contribution in [2.75, 3.05) is 9.80 Å². The molecule has 2 aromatic carbocycles. The zero-order valence-electron chi connectivity index (χ0n) is 19.3. The molecule has 5 aromatic rings. The van der Waals surface area contributed by atoms with Gasteiger partial charge < -0.3 is 0 Å². The number of aromatic nitrogens is 6. The van der Waals surface area contributed by atoms with Crippen LogP contribution >= 0.6 is 0 Å². The summed E-state index contributed by atoms with van der Waals surface area (Å²) in [5.74, 6) is 1.71. The Kier molecular flexibility index (Phi) is 4.20. The number of anilines is 6. The van der Waals surface area contributed by atoms with Crippen LogP contribution in [0.3, 0.4) is 0 Å². The molecule has 8 nitrogen and oxygen atoms in total. The molecule has 0 N–H and O–H groups in total. The number of hydrogen-bond donors (Lipinski definition) is 0. The molecule has 9 heteroatoms. The van der Waals surface area contributed by atoms with Crippen LogP contribution < -0.4 is 35.6 Å². The fraction of sp³-hybridized carbons (Fsp3) is 0.0769. The predicted octanol–water partition coefficient (Wildman–Crippen LogP) is 0.998. The first-order chi connectivity index (χ1) is 17.2. The maximum atomic E-state index is 4.86. The third-order valence-corrected chi connectivity index (χ3v) is 6.77. The van der Waals surface area contributed by atoms with Gasteiger partial charge in [0, 0.05) is 16.8 Å². The quantitative estimate of drug-likeness (QED) is 0.286. The Morgan fingerprint density at radius 3 is 1.57 bits per heavy atom. The van der Waals surface area contributed by atoms with Crippen molar-refractivity contribution in [3.63, 3.8) is 0 Å². The largest absolute Gasteiger partial charge is 0.355 e. The van der Waals surface area contributed by atoms with Gasteiger partial charge in [-0.25, -0.2) is 19.1 Å². The number of aryl methyl sites for hydroxylation is 2. The maximum Gasteiger partial charge on any atom is 0.355 e. The number of rotatable bonds is 2. The van der Waals surface area contributed by atoms with E-state index in [4.69, 9.17) is 9.97 Å². The number of fused-ring (bicyclic) bond motifs is 4. The fourth-order valence-corrected chi connectivity index (χ4v) is 5.37. The predicted molar refractivity (Wildman–Crippen MR) is 134 cm³/mol. The van der Waals surface area contributed by atoms with Gasteiger partial charge in [-0.05, 0) is 24.3 Å². The van der Waals surface area contributed by atoms with Gasteiger partial charge in [0.25, 0.3) is 12.7 Å². The molecule has 0 radical (unpaired) electrons. The molecule has 7 rings (SSSR count). The molecule has 3 aromatic heterocycles. The molecule has 0 saturated carbocycles. The van der Waals surface area contributed by atoms with Gasteiger partial charge in [-0.1, -0.05) is 46.4 Å². The Hall–Kier alpha value is -4.66. The Labute approximate surface area is 202 Å². The van der Waals surface area contributed by atoms with E-state index in [1.54, 1.807) is 6.33 Å². The number of nitrogens with zero attached hydrogens (tertiary/aromatic N) is 8. The van der Waals surface area contributed by atoms with Crippen molar-refractivity contribution >= 4 is 57.7 Å². The van der Waals surface area contributed by atoms with Crippen LogP contribution in [-0.2, 0) is 14.1 Å². The minimum atomic E-state index is -0.0906. The van der Waals surface area contributed by atoms with Gasteiger partial charge in [0.15, 0.2) is 12.4 Å². The second kappa shape index (κ2) is 7.43. The summed E-state index contributed by atoms with van der Waals surface area (Å²) in [6.07, 6.45) is 9.23. The van der Waals surface area contributed by atoms with Crippen LogP contribution in [0.4, 0.5) is 34.4 Å². The minimum absolute atomic E-state index is 0.0906. The Morgan fingerprint density at radius 2 is 1.11 bits per heavy atom. The lowest BCUT2D eigenvalue weighted by molar-refractivity contribution is -0.661. The average Bonchev–Trinajstić information content (AvgIpc) is 2.90. The third-order valence-electron chi connectivity index (χ3n) is 6.77. The van der Waals surface area contributed by atoms with Gasteiger partial charge in [-0.2, -0.15) is 0 Å². The molecule has 0 unspecified atom stereocenters. The molecule has 2 aliphatic heterocycles. The molecule has 0 amide bonds. The van der Waals surface area contributed by atoms with Gasteiger partial charge >= 0.3 is 6.71 Å². The summed E-state index contributed by atoms with van der Waals surface area (Å²) in [4.78, 5) is 23.2. The standard InChI is InChI=1S/C26H21BN8/c1-32-16-28-13-20-23(32)27-22-25(34(20)18-9-5-3-6-10-18)30-15-31-26(22)35(19-11-7-4-8-12-19)21-14-29-17-33(2)24(21)27/h3-17H,1-2H3/q+2. The molecule has 0 fully saturated rings. The Bertz CT molecular complexity index is 1480. The van der Waals surface area contributed by atoms with Crippen LogP contribution in [0.1, 0.15) is 0 Å². The Balaban J connectivity index is 1.62. The SMILES string of the molecule is C[n+]1cncc2c1B1c3c(ncnc3N(c3ccccc3)c3cnc[n+](C)c31)N2c1ccccc1. The highest BCUT2D eigenvalue weighted by Gasteiger charge is 2.51. The van der Waals surface area contributed by atoms with Crippen LogP contribution in [0.25, 0.3) is 0 Å². The summed E-state index contributed by atoms with van der Waals surface area (Å²) < 4.78 is 4.22. The molecular weight excluding hydrogens is 435 g/mol. The average molecular weight is 456 g/mol. The van der Waals surface area contributed by atoms with E-state index in [1.807, 2.05) is 75.5 Å². The first-order valence-corrected chi connectivity index (χ1v) is 11.5. The van der Waals surface area contributed by atoms with Gasteiger partial charge in [-0.3, -0.25) is 9.80 Å². The molecule has 0 aliphatic carbocycles. The van der Waals surface area contributed by atoms with Crippen LogP contribution in [0.5, 0.6) is 0 Å². The highest BCUT2D eigenvalue weighted by molar-refractivity contribution is 6.98. The molecule has 2 aliphatic rings. The summed E-state index contributed by atoms with van der Waals surface area (Å²) in [5, 5.41) is 0. The first-order valence-electron chi connectivity index (χ1n) is 11.5. The second-order valence-electron chi connectivity index (χ2n) is 8.76. The van der Waals surface area contributed by atoms with Crippen molar-refractivity contribution in [2.24, 2.45) is 14.1 Å². The molecule has 166 valence electrons. The summed E-state index contributed by atoms with van der Waals surface area (Å²) in [6, 6.07) is 20.6. The van der Waals surface area contributed by atoms with Gasteiger partial charge in [0.2, 0.25) is 0 Å². The molecule has 5 heterocycles. The van der Waals surface area contributed by atoms with E-state index in [-0.39, 0.29) is 6.71 Å². The molecular formula is C26H21BN8+2. The Morgan fingerprint density at radius 1 is 0.657 bits per heavy atom.